The van der Waals surface area contributed by atoms with E-state index in [2.05, 4.69) is 0 Å². The molecule has 3 rings (SSSR count). The highest BCUT2D eigenvalue weighted by Crippen LogP contribution is 2.28. The molecule has 3 aromatic rings. The number of benzene rings is 2. The Morgan fingerprint density at radius 2 is 1.68 bits per heavy atom. The van der Waals surface area contributed by atoms with E-state index in [-0.39, 0.29) is 27.6 Å². The zero-order chi connectivity index (χ0) is 20.6. The first-order chi connectivity index (χ1) is 13.1. The van der Waals surface area contributed by atoms with Crippen LogP contribution in [0.1, 0.15) is 16.8 Å². The summed E-state index contributed by atoms with van der Waals surface area (Å²) in [6.45, 7) is 0. The molecule has 4 nitrogen and oxygen atoms in total. The Morgan fingerprint density at radius 1 is 1.04 bits per heavy atom. The molecule has 2 aromatic carbocycles. The Labute approximate surface area is 161 Å². The van der Waals surface area contributed by atoms with Gasteiger partial charge in [0.1, 0.15) is 5.69 Å². The molecule has 1 aromatic heterocycles. The van der Waals surface area contributed by atoms with E-state index in [9.17, 15) is 22.8 Å². The molecular weight excluding hydrogens is 400 g/mol. The van der Waals surface area contributed by atoms with Crippen molar-refractivity contribution < 1.29 is 17.6 Å². The molecule has 0 radical (unpaired) electrons. The van der Waals surface area contributed by atoms with Gasteiger partial charge in [-0.25, -0.2) is 13.8 Å². The molecule has 0 saturated heterocycles. The van der Waals surface area contributed by atoms with Crippen LogP contribution >= 0.6 is 11.6 Å². The van der Waals surface area contributed by atoms with Crippen molar-refractivity contribution in [2.24, 2.45) is 7.05 Å². The number of halogens is 5. The van der Waals surface area contributed by atoms with Crippen molar-refractivity contribution in [2.75, 3.05) is 0 Å². The SMILES string of the molecule is Cn1c(C(F)(F)F)cc(=O)n(-c2ccc(Cl)c(Cc3ccccc3)c2F)c1=O. The fourth-order valence-electron chi connectivity index (χ4n) is 2.84. The van der Waals surface area contributed by atoms with Crippen LogP contribution in [-0.4, -0.2) is 9.13 Å². The first kappa shape index (κ1) is 19.9. The van der Waals surface area contributed by atoms with E-state index in [0.717, 1.165) is 18.7 Å². The number of hydrogen-bond donors (Lipinski definition) is 0. The van der Waals surface area contributed by atoms with E-state index in [4.69, 9.17) is 11.6 Å². The summed E-state index contributed by atoms with van der Waals surface area (Å²) < 4.78 is 54.7. The lowest BCUT2D eigenvalue weighted by molar-refractivity contribution is -0.144. The monoisotopic (exact) mass is 412 g/mol. The van der Waals surface area contributed by atoms with E-state index in [0.29, 0.717) is 4.57 Å². The number of nitrogens with zero attached hydrogens (tertiary/aromatic N) is 2. The summed E-state index contributed by atoms with van der Waals surface area (Å²) in [5.74, 6) is -0.949. The van der Waals surface area contributed by atoms with Crippen LogP contribution in [0.4, 0.5) is 17.6 Å². The van der Waals surface area contributed by atoms with E-state index in [1.54, 1.807) is 30.3 Å². The van der Waals surface area contributed by atoms with Crippen LogP contribution in [-0.2, 0) is 19.6 Å². The summed E-state index contributed by atoms with van der Waals surface area (Å²) in [6.07, 6.45) is -4.82. The number of rotatable bonds is 3. The zero-order valence-electron chi connectivity index (χ0n) is 14.4. The van der Waals surface area contributed by atoms with Crippen molar-refractivity contribution >= 4 is 11.6 Å². The van der Waals surface area contributed by atoms with Crippen molar-refractivity contribution in [1.82, 2.24) is 9.13 Å². The summed E-state index contributed by atoms with van der Waals surface area (Å²) in [4.78, 5) is 24.6. The summed E-state index contributed by atoms with van der Waals surface area (Å²) in [5, 5.41) is 0.0712. The van der Waals surface area contributed by atoms with Gasteiger partial charge in [0.2, 0.25) is 0 Å². The smallest absolute Gasteiger partial charge is 0.292 e. The third-order valence-corrected chi connectivity index (χ3v) is 4.59. The Bertz CT molecular complexity index is 1150. The minimum atomic E-state index is -4.90. The quantitative estimate of drug-likeness (QED) is 0.612. The van der Waals surface area contributed by atoms with Crippen LogP contribution in [0.25, 0.3) is 5.69 Å². The molecule has 1 heterocycles. The van der Waals surface area contributed by atoms with Crippen molar-refractivity contribution in [1.29, 1.82) is 0 Å². The van der Waals surface area contributed by atoms with E-state index >= 15 is 4.39 Å². The van der Waals surface area contributed by atoms with Crippen LogP contribution in [0.5, 0.6) is 0 Å². The minimum Gasteiger partial charge on any atom is -0.292 e. The lowest BCUT2D eigenvalue weighted by Crippen LogP contribution is -2.41. The van der Waals surface area contributed by atoms with Gasteiger partial charge in [-0.1, -0.05) is 41.9 Å². The van der Waals surface area contributed by atoms with Gasteiger partial charge in [0.25, 0.3) is 5.56 Å². The molecule has 0 amide bonds. The molecule has 146 valence electrons. The van der Waals surface area contributed by atoms with Crippen LogP contribution in [0.15, 0.2) is 58.1 Å². The van der Waals surface area contributed by atoms with Gasteiger partial charge in [-0.15, -0.1) is 0 Å². The van der Waals surface area contributed by atoms with Gasteiger partial charge in [-0.3, -0.25) is 9.36 Å². The molecule has 0 N–H and O–H groups in total. The molecule has 28 heavy (non-hydrogen) atoms. The zero-order valence-corrected chi connectivity index (χ0v) is 15.2. The summed E-state index contributed by atoms with van der Waals surface area (Å²) in [7, 11) is 0.861. The second-order valence-electron chi connectivity index (χ2n) is 6.06. The lowest BCUT2D eigenvalue weighted by atomic mass is 10.0. The molecular formula is C19H13ClF4N2O2. The van der Waals surface area contributed by atoms with Crippen molar-refractivity contribution in [3.63, 3.8) is 0 Å². The highest BCUT2D eigenvalue weighted by molar-refractivity contribution is 6.31. The highest BCUT2D eigenvalue weighted by Gasteiger charge is 2.35. The first-order valence-electron chi connectivity index (χ1n) is 8.02. The number of alkyl halides is 3. The van der Waals surface area contributed by atoms with Gasteiger partial charge in [0.05, 0.1) is 5.69 Å². The third-order valence-electron chi connectivity index (χ3n) is 4.24. The largest absolute Gasteiger partial charge is 0.431 e. The lowest BCUT2D eigenvalue weighted by Gasteiger charge is -2.16. The van der Waals surface area contributed by atoms with Crippen molar-refractivity contribution in [2.45, 2.75) is 12.6 Å². The van der Waals surface area contributed by atoms with Crippen molar-refractivity contribution in [3.8, 4) is 5.69 Å². The van der Waals surface area contributed by atoms with Crippen molar-refractivity contribution in [3.05, 3.63) is 97.0 Å². The van der Waals surface area contributed by atoms with Crippen LogP contribution in [0.3, 0.4) is 0 Å². The van der Waals surface area contributed by atoms with Crippen LogP contribution < -0.4 is 11.2 Å². The van der Waals surface area contributed by atoms with E-state index in [1.807, 2.05) is 0 Å². The van der Waals surface area contributed by atoms with Gasteiger partial charge >= 0.3 is 11.9 Å². The van der Waals surface area contributed by atoms with Crippen LogP contribution in [0.2, 0.25) is 5.02 Å². The number of aromatic nitrogens is 2. The summed E-state index contributed by atoms with van der Waals surface area (Å²) in [6, 6.07) is 11.4. The molecule has 9 heteroatoms. The predicted octanol–water partition coefficient (Wildman–Crippen LogP) is 3.94. The van der Waals surface area contributed by atoms with Gasteiger partial charge in [-0.05, 0) is 17.7 Å². The van der Waals surface area contributed by atoms with E-state index < -0.39 is 34.6 Å². The maximum absolute atomic E-state index is 15.1. The van der Waals surface area contributed by atoms with Crippen LogP contribution in [0, 0.1) is 5.82 Å². The number of hydrogen-bond acceptors (Lipinski definition) is 2. The molecule has 0 aliphatic carbocycles. The maximum Gasteiger partial charge on any atom is 0.431 e. The van der Waals surface area contributed by atoms with Gasteiger partial charge in [0, 0.05) is 30.1 Å². The first-order valence-corrected chi connectivity index (χ1v) is 8.40. The molecule has 0 spiro atoms. The Kier molecular flexibility index (Phi) is 5.16. The second-order valence-corrected chi connectivity index (χ2v) is 6.47. The molecule has 0 aliphatic heterocycles. The average molecular weight is 413 g/mol. The molecule has 0 unspecified atom stereocenters. The fourth-order valence-corrected chi connectivity index (χ4v) is 3.05. The van der Waals surface area contributed by atoms with Gasteiger partial charge in [0.15, 0.2) is 5.82 Å². The fraction of sp³-hybridized carbons (Fsp3) is 0.158. The Balaban J connectivity index is 2.21. The minimum absolute atomic E-state index is 0.0271. The van der Waals surface area contributed by atoms with Gasteiger partial charge < -0.3 is 0 Å². The molecule has 0 bridgehead atoms. The highest BCUT2D eigenvalue weighted by atomic mass is 35.5. The van der Waals surface area contributed by atoms with Gasteiger partial charge in [-0.2, -0.15) is 13.2 Å². The Hall–Kier alpha value is -2.87. The molecule has 0 atom stereocenters. The standard InChI is InChI=1S/C19H13ClF4N2O2/c1-25-15(19(22,23)24)10-16(27)26(18(25)28)14-8-7-13(20)12(17(14)21)9-11-5-3-2-4-6-11/h2-8,10H,9H2,1H3. The van der Waals surface area contributed by atoms with E-state index in [1.165, 1.54) is 6.07 Å². The average Bonchev–Trinajstić information content (AvgIpc) is 2.63. The Morgan fingerprint density at radius 3 is 2.29 bits per heavy atom. The summed E-state index contributed by atoms with van der Waals surface area (Å²) in [5.41, 5.74) is -3.73. The normalized spacial score (nSPS) is 11.6. The third kappa shape index (κ3) is 3.60. The maximum atomic E-state index is 15.1. The molecule has 0 aliphatic rings. The molecule has 0 fully saturated rings. The topological polar surface area (TPSA) is 44.0 Å². The summed E-state index contributed by atoms with van der Waals surface area (Å²) >= 11 is 6.08. The predicted molar refractivity (Wildman–Crippen MR) is 96.5 cm³/mol. The second kappa shape index (κ2) is 7.27. The molecule has 0 saturated carbocycles.